The molecule has 0 fully saturated rings. The van der Waals surface area contributed by atoms with Crippen LogP contribution in [0, 0.1) is 13.8 Å². The fraction of sp³-hybridized carbons (Fsp3) is 0.300. The van der Waals surface area contributed by atoms with E-state index in [0.717, 1.165) is 17.6 Å². The Morgan fingerprint density at radius 2 is 1.73 bits per heavy atom. The van der Waals surface area contributed by atoms with E-state index in [1.165, 1.54) is 34.8 Å². The van der Waals surface area contributed by atoms with Gasteiger partial charge in [0.2, 0.25) is 5.52 Å². The van der Waals surface area contributed by atoms with Crippen molar-refractivity contribution in [2.24, 2.45) is 0 Å². The number of fused-ring (bicyclic) bond motifs is 3. The van der Waals surface area contributed by atoms with E-state index in [4.69, 9.17) is 4.98 Å². The number of aryl methyl sites for hydroxylation is 2. The maximum Gasteiger partial charge on any atom is 0.244 e. The number of aromatic nitrogens is 2. The fourth-order valence-electron chi connectivity index (χ4n) is 2.84. The van der Waals surface area contributed by atoms with Gasteiger partial charge in [-0.2, -0.15) is 4.57 Å². The monoisotopic (exact) mass is 291 g/mol. The highest BCUT2D eigenvalue weighted by atomic mass is 15.0. The average Bonchev–Trinajstić information content (AvgIpc) is 2.52. The number of hydrogen-bond acceptors (Lipinski definition) is 1. The normalized spacial score (nSPS) is 11.8. The maximum atomic E-state index is 4.80. The van der Waals surface area contributed by atoms with Crippen LogP contribution in [0.15, 0.2) is 42.5 Å². The van der Waals surface area contributed by atoms with E-state index >= 15 is 0 Å². The Kier molecular flexibility index (Phi) is 4.19. The summed E-state index contributed by atoms with van der Waals surface area (Å²) >= 11 is 0. The van der Waals surface area contributed by atoms with E-state index in [1.54, 1.807) is 0 Å². The van der Waals surface area contributed by atoms with Crippen LogP contribution in [0.2, 0.25) is 0 Å². The molecule has 0 aliphatic heterocycles. The number of rotatable bonds is 4. The zero-order valence-corrected chi connectivity index (χ0v) is 13.6. The topological polar surface area (TPSA) is 16.8 Å². The molecule has 0 atom stereocenters. The second-order valence-electron chi connectivity index (χ2n) is 5.90. The highest BCUT2D eigenvalue weighted by molar-refractivity contribution is 6.01. The molecule has 2 heterocycles. The van der Waals surface area contributed by atoms with Gasteiger partial charge in [0.1, 0.15) is 5.52 Å². The molecule has 0 saturated heterocycles. The standard InChI is InChI=1S/C20H23N2/c1-4-5-6-7-14-22-16(3)9-11-18-13-12-17-10-8-15(2)21-19(17)20(18)22/h7-14H,4-6H2,1-3H3/q+1/b14-7+. The Morgan fingerprint density at radius 3 is 2.55 bits per heavy atom. The van der Waals surface area contributed by atoms with Crippen LogP contribution in [-0.4, -0.2) is 4.98 Å². The van der Waals surface area contributed by atoms with Gasteiger partial charge < -0.3 is 0 Å². The minimum Gasteiger partial charge on any atom is -0.246 e. The van der Waals surface area contributed by atoms with Gasteiger partial charge in [-0.15, -0.1) is 0 Å². The summed E-state index contributed by atoms with van der Waals surface area (Å²) < 4.78 is 2.28. The van der Waals surface area contributed by atoms with Crippen molar-refractivity contribution in [1.82, 2.24) is 4.98 Å². The van der Waals surface area contributed by atoms with Crippen LogP contribution in [0.25, 0.3) is 28.0 Å². The molecule has 0 bridgehead atoms. The van der Waals surface area contributed by atoms with Crippen molar-refractivity contribution < 1.29 is 4.57 Å². The minimum atomic E-state index is 1.06. The molecule has 112 valence electrons. The van der Waals surface area contributed by atoms with Crippen LogP contribution in [0.1, 0.15) is 37.6 Å². The number of nitrogens with zero attached hydrogens (tertiary/aromatic N) is 2. The van der Waals surface area contributed by atoms with Gasteiger partial charge in [-0.05, 0) is 44.0 Å². The molecule has 0 amide bonds. The molecular weight excluding hydrogens is 268 g/mol. The molecule has 0 spiro atoms. The third-order valence-corrected chi connectivity index (χ3v) is 4.11. The summed E-state index contributed by atoms with van der Waals surface area (Å²) in [4.78, 5) is 4.80. The Labute approximate surface area is 132 Å². The summed E-state index contributed by atoms with van der Waals surface area (Å²) in [6, 6.07) is 12.9. The van der Waals surface area contributed by atoms with E-state index in [9.17, 15) is 0 Å². The average molecular weight is 291 g/mol. The van der Waals surface area contributed by atoms with Crippen molar-refractivity contribution in [3.8, 4) is 0 Å². The lowest BCUT2D eigenvalue weighted by atomic mass is 10.1. The molecule has 0 radical (unpaired) electrons. The Hall–Kier alpha value is -2.22. The van der Waals surface area contributed by atoms with Crippen molar-refractivity contribution >= 4 is 28.0 Å². The van der Waals surface area contributed by atoms with Gasteiger partial charge in [0.15, 0.2) is 11.9 Å². The van der Waals surface area contributed by atoms with Gasteiger partial charge in [0, 0.05) is 29.5 Å². The third kappa shape index (κ3) is 2.74. The number of benzene rings is 1. The minimum absolute atomic E-state index is 1.06. The van der Waals surface area contributed by atoms with E-state index < -0.39 is 0 Å². The van der Waals surface area contributed by atoms with E-state index in [0.29, 0.717) is 0 Å². The lowest BCUT2D eigenvalue weighted by molar-refractivity contribution is -0.545. The second-order valence-corrected chi connectivity index (χ2v) is 5.90. The lowest BCUT2D eigenvalue weighted by Gasteiger charge is -2.04. The quantitative estimate of drug-likeness (QED) is 0.377. The molecule has 0 saturated carbocycles. The lowest BCUT2D eigenvalue weighted by Crippen LogP contribution is -2.31. The third-order valence-electron chi connectivity index (χ3n) is 4.11. The number of hydrogen-bond donors (Lipinski definition) is 0. The molecule has 0 N–H and O–H groups in total. The highest BCUT2D eigenvalue weighted by Crippen LogP contribution is 2.22. The number of allylic oxidation sites excluding steroid dienone is 1. The van der Waals surface area contributed by atoms with Crippen molar-refractivity contribution in [3.05, 3.63) is 53.9 Å². The van der Waals surface area contributed by atoms with Crippen LogP contribution >= 0.6 is 0 Å². The van der Waals surface area contributed by atoms with Crippen LogP contribution in [-0.2, 0) is 0 Å². The largest absolute Gasteiger partial charge is 0.246 e. The van der Waals surface area contributed by atoms with Crippen molar-refractivity contribution in [2.45, 2.75) is 40.0 Å². The zero-order valence-electron chi connectivity index (χ0n) is 13.6. The molecule has 0 aliphatic rings. The summed E-state index contributed by atoms with van der Waals surface area (Å²) in [7, 11) is 0. The van der Waals surface area contributed by atoms with Gasteiger partial charge in [-0.3, -0.25) is 0 Å². The second kappa shape index (κ2) is 6.27. The molecule has 2 nitrogen and oxygen atoms in total. The first kappa shape index (κ1) is 14.7. The molecule has 0 unspecified atom stereocenters. The summed E-state index contributed by atoms with van der Waals surface area (Å²) in [6.45, 7) is 6.43. The number of pyridine rings is 2. The van der Waals surface area contributed by atoms with Crippen LogP contribution < -0.4 is 4.57 Å². The van der Waals surface area contributed by atoms with Crippen LogP contribution in [0.4, 0.5) is 0 Å². The molecule has 22 heavy (non-hydrogen) atoms. The van der Waals surface area contributed by atoms with E-state index in [1.807, 2.05) is 0 Å². The molecular formula is C20H23N2+. The first-order valence-electron chi connectivity index (χ1n) is 8.08. The highest BCUT2D eigenvalue weighted by Gasteiger charge is 2.15. The van der Waals surface area contributed by atoms with Crippen molar-refractivity contribution in [1.29, 1.82) is 0 Å². The maximum absolute atomic E-state index is 4.80. The smallest absolute Gasteiger partial charge is 0.244 e. The Balaban J connectivity index is 2.26. The summed E-state index contributed by atoms with van der Waals surface area (Å²) in [5.41, 5.74) is 4.58. The Morgan fingerprint density at radius 1 is 1.00 bits per heavy atom. The molecule has 1 aromatic carbocycles. The van der Waals surface area contributed by atoms with Crippen molar-refractivity contribution in [2.75, 3.05) is 0 Å². The molecule has 3 rings (SSSR count). The van der Waals surface area contributed by atoms with E-state index in [2.05, 4.69) is 74.0 Å². The Bertz CT molecular complexity index is 847. The number of unbranched alkanes of at least 4 members (excludes halogenated alkanes) is 2. The fourth-order valence-corrected chi connectivity index (χ4v) is 2.84. The van der Waals surface area contributed by atoms with Gasteiger partial charge in [0.25, 0.3) is 0 Å². The predicted molar refractivity (Wildman–Crippen MR) is 93.8 cm³/mol. The van der Waals surface area contributed by atoms with Crippen LogP contribution in [0.5, 0.6) is 0 Å². The summed E-state index contributed by atoms with van der Waals surface area (Å²) in [6.07, 6.45) is 8.06. The van der Waals surface area contributed by atoms with Gasteiger partial charge >= 0.3 is 0 Å². The van der Waals surface area contributed by atoms with Gasteiger partial charge in [0.05, 0.1) is 0 Å². The predicted octanol–water partition coefficient (Wildman–Crippen LogP) is 4.95. The summed E-state index contributed by atoms with van der Waals surface area (Å²) in [5.74, 6) is 0. The first-order chi connectivity index (χ1) is 10.7. The van der Waals surface area contributed by atoms with Crippen LogP contribution in [0.3, 0.4) is 0 Å². The summed E-state index contributed by atoms with van der Waals surface area (Å²) in [5, 5.41) is 2.43. The SMILES string of the molecule is CCCC/C=C/[n+]1c(C)ccc2ccc3ccc(C)nc3c21. The molecule has 2 aromatic heterocycles. The molecule has 0 aliphatic carbocycles. The first-order valence-corrected chi connectivity index (χ1v) is 8.08. The van der Waals surface area contributed by atoms with Gasteiger partial charge in [-0.25, -0.2) is 4.98 Å². The van der Waals surface area contributed by atoms with Gasteiger partial charge in [-0.1, -0.05) is 25.5 Å². The molecule has 3 aromatic rings. The van der Waals surface area contributed by atoms with E-state index in [-0.39, 0.29) is 0 Å². The van der Waals surface area contributed by atoms with Crippen molar-refractivity contribution in [3.63, 3.8) is 0 Å². The zero-order chi connectivity index (χ0) is 15.5. The molecule has 2 heteroatoms.